The van der Waals surface area contributed by atoms with Crippen molar-refractivity contribution in [3.63, 3.8) is 0 Å². The highest BCUT2D eigenvalue weighted by molar-refractivity contribution is 7.15. The van der Waals surface area contributed by atoms with E-state index >= 15 is 0 Å². The van der Waals surface area contributed by atoms with Crippen LogP contribution in [0.2, 0.25) is 0 Å². The largest absolute Gasteiger partial charge is 0.329 e. The first-order valence-electron chi connectivity index (χ1n) is 8.82. The van der Waals surface area contributed by atoms with E-state index < -0.39 is 6.03 Å². The van der Waals surface area contributed by atoms with Gasteiger partial charge in [-0.05, 0) is 25.8 Å². The van der Waals surface area contributed by atoms with Crippen LogP contribution >= 0.6 is 11.3 Å². The summed E-state index contributed by atoms with van der Waals surface area (Å²) in [6.07, 6.45) is 1.43. The molecule has 0 atom stereocenters. The predicted molar refractivity (Wildman–Crippen MR) is 104 cm³/mol. The van der Waals surface area contributed by atoms with E-state index in [4.69, 9.17) is 0 Å². The lowest BCUT2D eigenvalue weighted by molar-refractivity contribution is -0.125. The second-order valence-corrected chi connectivity index (χ2v) is 7.63. The predicted octanol–water partition coefficient (Wildman–Crippen LogP) is 2.62. The third-order valence-electron chi connectivity index (χ3n) is 4.35. The van der Waals surface area contributed by atoms with Crippen molar-refractivity contribution in [2.24, 2.45) is 0 Å². The zero-order chi connectivity index (χ0) is 19.4. The Morgan fingerprint density at radius 1 is 1.26 bits per heavy atom. The van der Waals surface area contributed by atoms with Crippen molar-refractivity contribution in [2.45, 2.75) is 33.1 Å². The van der Waals surface area contributed by atoms with Crippen molar-refractivity contribution in [2.75, 3.05) is 18.4 Å². The number of hydrogen-bond acceptors (Lipinski definition) is 5. The highest BCUT2D eigenvalue weighted by atomic mass is 32.1. The van der Waals surface area contributed by atoms with Gasteiger partial charge in [-0.25, -0.2) is 9.78 Å². The Hall–Kier alpha value is -2.74. The van der Waals surface area contributed by atoms with Crippen molar-refractivity contribution < 1.29 is 14.4 Å². The van der Waals surface area contributed by atoms with Crippen LogP contribution in [0.15, 0.2) is 24.3 Å². The normalized spacial score (nSPS) is 13.8. The summed E-state index contributed by atoms with van der Waals surface area (Å²) in [4.78, 5) is 41.7. The van der Waals surface area contributed by atoms with Gasteiger partial charge < -0.3 is 10.6 Å². The molecule has 0 unspecified atom stereocenters. The number of imide groups is 1. The number of nitrogens with one attached hydrogen (secondary N) is 2. The summed E-state index contributed by atoms with van der Waals surface area (Å²) in [7, 11) is 0. The van der Waals surface area contributed by atoms with E-state index in [0.29, 0.717) is 11.6 Å². The van der Waals surface area contributed by atoms with E-state index in [-0.39, 0.29) is 31.3 Å². The summed E-state index contributed by atoms with van der Waals surface area (Å²) in [6.45, 7) is 4.27. The number of hydrogen-bond donors (Lipinski definition) is 2. The summed E-state index contributed by atoms with van der Waals surface area (Å²) in [5, 5.41) is 5.85. The van der Waals surface area contributed by atoms with Gasteiger partial charge in [0.2, 0.25) is 11.8 Å². The smallest absolute Gasteiger partial charge is 0.324 e. The van der Waals surface area contributed by atoms with Crippen LogP contribution in [0.4, 0.5) is 9.93 Å². The first-order chi connectivity index (χ1) is 12.9. The molecule has 1 fully saturated rings. The average molecular weight is 386 g/mol. The Morgan fingerprint density at radius 2 is 2.00 bits per heavy atom. The zero-order valence-corrected chi connectivity index (χ0v) is 16.2. The maximum absolute atomic E-state index is 12.1. The van der Waals surface area contributed by atoms with Crippen LogP contribution < -0.4 is 10.6 Å². The summed E-state index contributed by atoms with van der Waals surface area (Å²) < 4.78 is 0. The van der Waals surface area contributed by atoms with Crippen LogP contribution in [-0.4, -0.2) is 40.8 Å². The molecule has 0 bridgehead atoms. The van der Waals surface area contributed by atoms with Gasteiger partial charge >= 0.3 is 6.03 Å². The van der Waals surface area contributed by atoms with Crippen LogP contribution in [0, 0.1) is 13.8 Å². The van der Waals surface area contributed by atoms with Gasteiger partial charge in [0.1, 0.15) is 0 Å². The maximum Gasteiger partial charge on any atom is 0.324 e. The van der Waals surface area contributed by atoms with E-state index in [1.807, 2.05) is 6.92 Å². The van der Waals surface area contributed by atoms with Crippen molar-refractivity contribution in [3.8, 4) is 0 Å². The minimum Gasteiger partial charge on any atom is -0.329 e. The number of benzene rings is 1. The van der Waals surface area contributed by atoms with E-state index in [1.165, 1.54) is 22.5 Å². The van der Waals surface area contributed by atoms with Crippen LogP contribution in [0.1, 0.15) is 34.5 Å². The van der Waals surface area contributed by atoms with Crippen molar-refractivity contribution in [3.05, 3.63) is 46.0 Å². The van der Waals surface area contributed by atoms with E-state index in [2.05, 4.69) is 46.8 Å². The van der Waals surface area contributed by atoms with E-state index in [1.54, 1.807) is 0 Å². The molecule has 1 aliphatic heterocycles. The lowest BCUT2D eigenvalue weighted by atomic mass is 10.1. The number of aryl methyl sites for hydroxylation is 2. The molecule has 0 saturated carbocycles. The van der Waals surface area contributed by atoms with E-state index in [0.717, 1.165) is 21.9 Å². The summed E-state index contributed by atoms with van der Waals surface area (Å²) in [6, 6.07) is 7.97. The van der Waals surface area contributed by atoms with Crippen LogP contribution in [-0.2, 0) is 16.0 Å². The molecule has 1 aromatic carbocycles. The molecule has 142 valence electrons. The minimum atomic E-state index is -0.392. The molecule has 4 amide bonds. The molecule has 7 nitrogen and oxygen atoms in total. The fourth-order valence-electron chi connectivity index (χ4n) is 2.80. The monoisotopic (exact) mass is 386 g/mol. The Labute approximate surface area is 161 Å². The maximum atomic E-state index is 12.1. The molecule has 2 heterocycles. The molecule has 8 heteroatoms. The number of urea groups is 1. The van der Waals surface area contributed by atoms with Gasteiger partial charge in [-0.1, -0.05) is 29.8 Å². The highest BCUT2D eigenvalue weighted by Crippen LogP contribution is 2.25. The molecule has 3 rings (SSSR count). The molecule has 0 radical (unpaired) electrons. The second kappa shape index (κ2) is 8.30. The summed E-state index contributed by atoms with van der Waals surface area (Å²) >= 11 is 1.47. The number of thiazole rings is 1. The lowest BCUT2D eigenvalue weighted by Gasteiger charge is -2.11. The zero-order valence-electron chi connectivity index (χ0n) is 15.4. The third kappa shape index (κ3) is 4.91. The Morgan fingerprint density at radius 3 is 2.67 bits per heavy atom. The molecule has 0 aliphatic carbocycles. The number of carbonyl (C=O) groups excluding carboxylic acids is 3. The fraction of sp³-hybridized carbons (Fsp3) is 0.368. The van der Waals surface area contributed by atoms with Gasteiger partial charge in [0.15, 0.2) is 5.13 Å². The Kier molecular flexibility index (Phi) is 5.85. The van der Waals surface area contributed by atoms with E-state index in [9.17, 15) is 14.4 Å². The van der Waals surface area contributed by atoms with Gasteiger partial charge in [0, 0.05) is 24.3 Å². The number of rotatable bonds is 7. The highest BCUT2D eigenvalue weighted by Gasteiger charge is 2.27. The molecule has 1 aromatic heterocycles. The second-order valence-electron chi connectivity index (χ2n) is 6.55. The molecule has 0 spiro atoms. The molecule has 2 N–H and O–H groups in total. The fourth-order valence-corrected chi connectivity index (χ4v) is 3.81. The SMILES string of the molecule is Cc1ccc(Cc2sc(NC(=O)CCCN3C(=O)CNC3=O)nc2C)cc1. The molecular weight excluding hydrogens is 364 g/mol. The average Bonchev–Trinajstić information content (AvgIpc) is 3.13. The first-order valence-corrected chi connectivity index (χ1v) is 9.64. The van der Waals surface area contributed by atoms with Gasteiger partial charge in [0.05, 0.1) is 12.2 Å². The van der Waals surface area contributed by atoms with Crippen molar-refractivity contribution >= 4 is 34.3 Å². The standard InChI is InChI=1S/C19H22N4O3S/c1-12-5-7-14(8-6-12)10-15-13(2)21-18(27-15)22-16(24)4-3-9-23-17(25)11-20-19(23)26/h5-8H,3-4,9-11H2,1-2H3,(H,20,26)(H,21,22,24). The van der Waals surface area contributed by atoms with Crippen molar-refractivity contribution in [1.29, 1.82) is 0 Å². The number of aromatic nitrogens is 1. The summed E-state index contributed by atoms with van der Waals surface area (Å²) in [5.41, 5.74) is 3.34. The summed E-state index contributed by atoms with van der Waals surface area (Å²) in [5.74, 6) is -0.422. The topological polar surface area (TPSA) is 91.4 Å². The molecule has 1 aliphatic rings. The van der Waals surface area contributed by atoms with Gasteiger partial charge in [-0.15, -0.1) is 11.3 Å². The van der Waals surface area contributed by atoms with Gasteiger partial charge in [-0.3, -0.25) is 14.5 Å². The Balaban J connectivity index is 1.50. The number of anilines is 1. The number of nitrogens with zero attached hydrogens (tertiary/aromatic N) is 2. The van der Waals surface area contributed by atoms with Gasteiger partial charge in [-0.2, -0.15) is 0 Å². The number of amides is 4. The molecular formula is C19H22N4O3S. The minimum absolute atomic E-state index is 0.0349. The third-order valence-corrected chi connectivity index (χ3v) is 5.42. The first kappa shape index (κ1) is 19.0. The molecule has 1 saturated heterocycles. The van der Waals surface area contributed by atoms with Crippen LogP contribution in [0.5, 0.6) is 0 Å². The molecule has 2 aromatic rings. The number of carbonyl (C=O) groups is 3. The van der Waals surface area contributed by atoms with Crippen LogP contribution in [0.3, 0.4) is 0 Å². The van der Waals surface area contributed by atoms with Crippen LogP contribution in [0.25, 0.3) is 0 Å². The van der Waals surface area contributed by atoms with Crippen molar-refractivity contribution in [1.82, 2.24) is 15.2 Å². The van der Waals surface area contributed by atoms with Gasteiger partial charge in [0.25, 0.3) is 0 Å². The molecule has 27 heavy (non-hydrogen) atoms. The lowest BCUT2D eigenvalue weighted by Crippen LogP contribution is -2.32. The quantitative estimate of drug-likeness (QED) is 0.716. The Bertz CT molecular complexity index is 844.